The molecule has 0 unspecified atom stereocenters. The number of carboxylic acids is 1. The molecular formula is C15H17N3O3. The Morgan fingerprint density at radius 3 is 2.76 bits per heavy atom. The summed E-state index contributed by atoms with van der Waals surface area (Å²) in [6, 6.07) is 8.13. The summed E-state index contributed by atoms with van der Waals surface area (Å²) in [5.74, 6) is -0.405. The Balaban J connectivity index is 2.29. The molecule has 0 spiro atoms. The summed E-state index contributed by atoms with van der Waals surface area (Å²) in [5, 5.41) is 9.05. The lowest BCUT2D eigenvalue weighted by Crippen LogP contribution is -2.25. The van der Waals surface area contributed by atoms with E-state index in [1.54, 1.807) is 25.1 Å². The van der Waals surface area contributed by atoms with Crippen molar-refractivity contribution in [1.82, 2.24) is 9.97 Å². The highest BCUT2D eigenvalue weighted by atomic mass is 16.4. The molecule has 2 rings (SSSR count). The zero-order chi connectivity index (χ0) is 15.4. The van der Waals surface area contributed by atoms with Gasteiger partial charge in [0.05, 0.1) is 12.1 Å². The van der Waals surface area contributed by atoms with Crippen molar-refractivity contribution < 1.29 is 9.90 Å². The van der Waals surface area contributed by atoms with E-state index in [9.17, 15) is 9.59 Å². The highest BCUT2D eigenvalue weighted by molar-refractivity contribution is 5.88. The summed E-state index contributed by atoms with van der Waals surface area (Å²) < 4.78 is 0. The Hall–Kier alpha value is -2.63. The smallest absolute Gasteiger partial charge is 0.335 e. The van der Waals surface area contributed by atoms with Gasteiger partial charge in [-0.2, -0.15) is 0 Å². The number of anilines is 1. The number of aromatic carboxylic acids is 1. The van der Waals surface area contributed by atoms with Crippen LogP contribution in [0.5, 0.6) is 0 Å². The van der Waals surface area contributed by atoms with Gasteiger partial charge in [-0.25, -0.2) is 9.78 Å². The third kappa shape index (κ3) is 3.68. The molecule has 0 fully saturated rings. The zero-order valence-corrected chi connectivity index (χ0v) is 12.0. The van der Waals surface area contributed by atoms with E-state index < -0.39 is 5.97 Å². The first kappa shape index (κ1) is 14.8. The van der Waals surface area contributed by atoms with E-state index in [0.29, 0.717) is 24.6 Å². The van der Waals surface area contributed by atoms with Crippen LogP contribution in [0.15, 0.2) is 35.1 Å². The molecule has 0 amide bonds. The summed E-state index contributed by atoms with van der Waals surface area (Å²) >= 11 is 0. The quantitative estimate of drug-likeness (QED) is 0.875. The summed E-state index contributed by atoms with van der Waals surface area (Å²) in [4.78, 5) is 31.4. The highest BCUT2D eigenvalue weighted by Crippen LogP contribution is 2.17. The number of nitrogens with one attached hydrogen (secondary N) is 1. The highest BCUT2D eigenvalue weighted by Gasteiger charge is 2.10. The lowest BCUT2D eigenvalue weighted by molar-refractivity contribution is 0.0697. The van der Waals surface area contributed by atoms with E-state index in [-0.39, 0.29) is 11.1 Å². The summed E-state index contributed by atoms with van der Waals surface area (Å²) in [6.45, 7) is 4.80. The monoisotopic (exact) mass is 287 g/mol. The second kappa shape index (κ2) is 6.21. The Kier molecular flexibility index (Phi) is 4.37. The fraction of sp³-hybridized carbons (Fsp3) is 0.267. The molecule has 0 saturated heterocycles. The second-order valence-electron chi connectivity index (χ2n) is 4.70. The number of hydrogen-bond acceptors (Lipinski definition) is 4. The Morgan fingerprint density at radius 2 is 2.14 bits per heavy atom. The van der Waals surface area contributed by atoms with Crippen LogP contribution < -0.4 is 10.5 Å². The molecule has 0 atom stereocenters. The van der Waals surface area contributed by atoms with Crippen LogP contribution in [0.2, 0.25) is 0 Å². The van der Waals surface area contributed by atoms with Gasteiger partial charge >= 0.3 is 5.97 Å². The van der Waals surface area contributed by atoms with E-state index >= 15 is 0 Å². The van der Waals surface area contributed by atoms with E-state index in [0.717, 1.165) is 5.69 Å². The van der Waals surface area contributed by atoms with Crippen LogP contribution >= 0.6 is 0 Å². The molecule has 1 aromatic carbocycles. The fourth-order valence-corrected chi connectivity index (χ4v) is 2.12. The molecular weight excluding hydrogens is 270 g/mol. The molecule has 0 aliphatic carbocycles. The van der Waals surface area contributed by atoms with E-state index in [2.05, 4.69) is 9.97 Å². The largest absolute Gasteiger partial charge is 0.478 e. The van der Waals surface area contributed by atoms with Gasteiger partial charge in [0.1, 0.15) is 5.82 Å². The lowest BCUT2D eigenvalue weighted by Gasteiger charge is -2.22. The molecule has 0 aliphatic heterocycles. The molecule has 0 aliphatic rings. The van der Waals surface area contributed by atoms with Gasteiger partial charge in [-0.1, -0.05) is 6.07 Å². The number of aryl methyl sites for hydroxylation is 1. The molecule has 0 radical (unpaired) electrons. The van der Waals surface area contributed by atoms with Gasteiger partial charge in [-0.3, -0.25) is 4.79 Å². The molecule has 2 N–H and O–H groups in total. The van der Waals surface area contributed by atoms with Crippen LogP contribution in [0.25, 0.3) is 0 Å². The number of nitrogens with zero attached hydrogens (tertiary/aromatic N) is 2. The first-order valence-electron chi connectivity index (χ1n) is 6.64. The molecule has 0 bridgehead atoms. The maximum absolute atomic E-state index is 11.5. The van der Waals surface area contributed by atoms with Crippen LogP contribution in [0, 0.1) is 6.92 Å². The predicted octanol–water partition coefficient (Wildman–Crippen LogP) is 1.80. The van der Waals surface area contributed by atoms with Crippen molar-refractivity contribution in [3.8, 4) is 0 Å². The number of rotatable bonds is 5. The summed E-state index contributed by atoms with van der Waals surface area (Å²) in [5.41, 5.74) is 1.48. The minimum Gasteiger partial charge on any atom is -0.478 e. The first-order chi connectivity index (χ1) is 9.99. The van der Waals surface area contributed by atoms with Crippen molar-refractivity contribution in [2.24, 2.45) is 0 Å². The standard InChI is InChI=1S/C15H17N3O3/c1-3-18(9-13-16-10(2)7-14(19)17-13)12-6-4-5-11(8-12)15(20)21/h4-8H,3,9H2,1-2H3,(H,20,21)(H,16,17,19). The number of benzene rings is 1. The third-order valence-corrected chi connectivity index (χ3v) is 3.10. The molecule has 6 nitrogen and oxygen atoms in total. The van der Waals surface area contributed by atoms with Crippen LogP contribution in [0.1, 0.15) is 28.8 Å². The Morgan fingerprint density at radius 1 is 1.38 bits per heavy atom. The maximum Gasteiger partial charge on any atom is 0.335 e. The van der Waals surface area contributed by atoms with Crippen LogP contribution in [0.4, 0.5) is 5.69 Å². The fourth-order valence-electron chi connectivity index (χ4n) is 2.12. The zero-order valence-electron chi connectivity index (χ0n) is 12.0. The van der Waals surface area contributed by atoms with Crippen molar-refractivity contribution in [3.63, 3.8) is 0 Å². The predicted molar refractivity (Wildman–Crippen MR) is 79.7 cm³/mol. The molecule has 6 heteroatoms. The molecule has 110 valence electrons. The van der Waals surface area contributed by atoms with Crippen LogP contribution in [-0.2, 0) is 6.54 Å². The molecule has 1 aromatic heterocycles. The molecule has 2 aromatic rings. The van der Waals surface area contributed by atoms with Gasteiger partial charge in [0.15, 0.2) is 0 Å². The molecule has 0 saturated carbocycles. The van der Waals surface area contributed by atoms with Gasteiger partial charge in [-0.05, 0) is 32.0 Å². The van der Waals surface area contributed by atoms with Crippen molar-refractivity contribution in [3.05, 3.63) is 57.8 Å². The minimum absolute atomic E-state index is 0.187. The van der Waals surface area contributed by atoms with Gasteiger partial charge < -0.3 is 15.0 Å². The first-order valence-corrected chi connectivity index (χ1v) is 6.64. The van der Waals surface area contributed by atoms with Crippen molar-refractivity contribution >= 4 is 11.7 Å². The third-order valence-electron chi connectivity index (χ3n) is 3.10. The molecule has 21 heavy (non-hydrogen) atoms. The van der Waals surface area contributed by atoms with Crippen molar-refractivity contribution in [2.75, 3.05) is 11.4 Å². The summed E-state index contributed by atoms with van der Waals surface area (Å²) in [6.07, 6.45) is 0. The number of carbonyl (C=O) groups is 1. The van der Waals surface area contributed by atoms with Gasteiger partial charge in [0, 0.05) is 24.0 Å². The Labute approximate surface area is 122 Å². The van der Waals surface area contributed by atoms with Gasteiger partial charge in [0.25, 0.3) is 5.56 Å². The number of aromatic amines is 1. The van der Waals surface area contributed by atoms with Gasteiger partial charge in [-0.15, -0.1) is 0 Å². The van der Waals surface area contributed by atoms with Gasteiger partial charge in [0.2, 0.25) is 0 Å². The van der Waals surface area contributed by atoms with Crippen LogP contribution in [0.3, 0.4) is 0 Å². The van der Waals surface area contributed by atoms with Crippen molar-refractivity contribution in [2.45, 2.75) is 20.4 Å². The number of H-pyrrole nitrogens is 1. The van der Waals surface area contributed by atoms with Crippen molar-refractivity contribution in [1.29, 1.82) is 0 Å². The number of carboxylic acid groups (broad SMARTS) is 1. The average molecular weight is 287 g/mol. The average Bonchev–Trinajstić information content (AvgIpc) is 2.44. The minimum atomic E-state index is -0.963. The normalized spacial score (nSPS) is 10.4. The maximum atomic E-state index is 11.5. The second-order valence-corrected chi connectivity index (χ2v) is 4.70. The lowest BCUT2D eigenvalue weighted by atomic mass is 10.2. The number of hydrogen-bond donors (Lipinski definition) is 2. The van der Waals surface area contributed by atoms with Crippen LogP contribution in [-0.4, -0.2) is 27.6 Å². The SMILES string of the molecule is CCN(Cc1nc(C)cc(=O)[nH]1)c1cccc(C(=O)O)c1. The number of aromatic nitrogens is 2. The Bertz CT molecular complexity index is 709. The topological polar surface area (TPSA) is 86.3 Å². The van der Waals surface area contributed by atoms with E-state index in [4.69, 9.17) is 5.11 Å². The molecule has 1 heterocycles. The van der Waals surface area contributed by atoms with E-state index in [1.807, 2.05) is 17.9 Å². The van der Waals surface area contributed by atoms with E-state index in [1.165, 1.54) is 6.07 Å². The summed E-state index contributed by atoms with van der Waals surface area (Å²) in [7, 11) is 0.